The minimum absolute atomic E-state index is 0.324. The minimum Gasteiger partial charge on any atom is -0.478 e. The Kier molecular flexibility index (Phi) is 3.67. The van der Waals surface area contributed by atoms with Crippen molar-refractivity contribution in [3.63, 3.8) is 0 Å². The van der Waals surface area contributed by atoms with Crippen molar-refractivity contribution in [2.24, 2.45) is 0 Å². The van der Waals surface area contributed by atoms with Gasteiger partial charge in [-0.1, -0.05) is 6.07 Å². The summed E-state index contributed by atoms with van der Waals surface area (Å²) < 4.78 is 50.3. The minimum atomic E-state index is -4.95. The fourth-order valence-corrected chi connectivity index (χ4v) is 1.63. The Morgan fingerprint density at radius 1 is 1.32 bits per heavy atom. The van der Waals surface area contributed by atoms with E-state index in [1.165, 1.54) is 6.07 Å². The van der Waals surface area contributed by atoms with Crippen molar-refractivity contribution in [1.82, 2.24) is 0 Å². The highest BCUT2D eigenvalue weighted by atomic mass is 19.4. The number of benzene rings is 1. The van der Waals surface area contributed by atoms with Crippen LogP contribution in [-0.4, -0.2) is 37.8 Å². The molecule has 1 heterocycles. The van der Waals surface area contributed by atoms with E-state index < -0.39 is 30.8 Å². The van der Waals surface area contributed by atoms with E-state index in [0.717, 1.165) is 12.1 Å². The lowest BCUT2D eigenvalue weighted by molar-refractivity contribution is -0.274. The molecule has 0 spiro atoms. The summed E-state index contributed by atoms with van der Waals surface area (Å²) in [7, 11) is -0.766. The third-order valence-corrected chi connectivity index (χ3v) is 2.35. The van der Waals surface area contributed by atoms with Crippen LogP contribution in [0.5, 0.6) is 5.75 Å². The van der Waals surface area contributed by atoms with Crippen LogP contribution in [0.2, 0.25) is 0 Å². The van der Waals surface area contributed by atoms with Gasteiger partial charge in [0.05, 0.1) is 13.2 Å². The molecule has 0 aromatic heterocycles. The highest BCUT2D eigenvalue weighted by molar-refractivity contribution is 6.61. The topological polar surface area (TPSA) is 65.0 Å². The Morgan fingerprint density at radius 2 is 1.95 bits per heavy atom. The fourth-order valence-electron chi connectivity index (χ4n) is 1.63. The summed E-state index contributed by atoms with van der Waals surface area (Å²) in [5, 5.41) is 8.90. The van der Waals surface area contributed by atoms with Gasteiger partial charge in [0.2, 0.25) is 0 Å². The van der Waals surface area contributed by atoms with Crippen molar-refractivity contribution in [2.45, 2.75) is 6.36 Å². The van der Waals surface area contributed by atoms with Gasteiger partial charge in [-0.05, 0) is 17.6 Å². The lowest BCUT2D eigenvalue weighted by Gasteiger charge is -2.13. The molecular weight excluding hydrogens is 268 g/mol. The van der Waals surface area contributed by atoms with E-state index in [2.05, 4.69) is 4.74 Å². The number of aromatic carboxylic acids is 1. The highest BCUT2D eigenvalue weighted by Crippen LogP contribution is 2.26. The number of ether oxygens (including phenoxy) is 1. The number of halogens is 3. The molecule has 19 heavy (non-hydrogen) atoms. The first-order valence-electron chi connectivity index (χ1n) is 5.23. The summed E-state index contributed by atoms with van der Waals surface area (Å²) in [5.74, 6) is -2.30. The van der Waals surface area contributed by atoms with Crippen LogP contribution in [0.3, 0.4) is 0 Å². The van der Waals surface area contributed by atoms with E-state index in [1.807, 2.05) is 0 Å². The van der Waals surface area contributed by atoms with Gasteiger partial charge in [0, 0.05) is 0 Å². The molecule has 102 valence electrons. The second-order valence-electron chi connectivity index (χ2n) is 3.68. The number of hydrogen-bond acceptors (Lipinski definition) is 4. The van der Waals surface area contributed by atoms with Crippen molar-refractivity contribution in [1.29, 1.82) is 0 Å². The zero-order valence-electron chi connectivity index (χ0n) is 9.44. The molecule has 0 saturated carbocycles. The number of carboxylic acid groups (broad SMARTS) is 1. The van der Waals surface area contributed by atoms with Crippen LogP contribution in [0.15, 0.2) is 18.2 Å². The Balaban J connectivity index is 2.32. The zero-order chi connectivity index (χ0) is 14.0. The maximum atomic E-state index is 12.1. The predicted molar refractivity (Wildman–Crippen MR) is 57.4 cm³/mol. The van der Waals surface area contributed by atoms with Crippen LogP contribution in [0.1, 0.15) is 10.4 Å². The summed E-state index contributed by atoms with van der Waals surface area (Å²) in [6.07, 6.45) is -4.95. The molecule has 0 aliphatic carbocycles. The van der Waals surface area contributed by atoms with Gasteiger partial charge in [0.25, 0.3) is 0 Å². The first-order chi connectivity index (χ1) is 8.87. The molecule has 1 fully saturated rings. The quantitative estimate of drug-likeness (QED) is 0.835. The van der Waals surface area contributed by atoms with Gasteiger partial charge >= 0.3 is 19.5 Å². The summed E-state index contributed by atoms with van der Waals surface area (Å²) >= 11 is 0. The molecule has 1 aromatic rings. The van der Waals surface area contributed by atoms with E-state index in [9.17, 15) is 18.0 Å². The van der Waals surface area contributed by atoms with E-state index >= 15 is 0 Å². The van der Waals surface area contributed by atoms with Crippen LogP contribution in [0.4, 0.5) is 13.2 Å². The molecule has 1 aromatic carbocycles. The number of alkyl halides is 3. The molecule has 1 aliphatic heterocycles. The Morgan fingerprint density at radius 3 is 2.47 bits per heavy atom. The molecule has 0 radical (unpaired) electrons. The molecule has 1 saturated heterocycles. The molecule has 0 amide bonds. The number of carboxylic acids is 1. The molecule has 0 unspecified atom stereocenters. The molecule has 1 aliphatic rings. The van der Waals surface area contributed by atoms with Gasteiger partial charge in [0.1, 0.15) is 11.3 Å². The molecular formula is C10H8BF3O5. The normalized spacial score (nSPS) is 15.6. The van der Waals surface area contributed by atoms with Crippen LogP contribution >= 0.6 is 0 Å². The second-order valence-corrected chi connectivity index (χ2v) is 3.68. The molecule has 5 nitrogen and oxygen atoms in total. The first kappa shape index (κ1) is 13.7. The lowest BCUT2D eigenvalue weighted by atomic mass is 9.78. The van der Waals surface area contributed by atoms with Gasteiger partial charge in [-0.25, -0.2) is 4.79 Å². The summed E-state index contributed by atoms with van der Waals surface area (Å²) in [5.41, 5.74) is -0.279. The van der Waals surface area contributed by atoms with E-state index in [4.69, 9.17) is 14.4 Å². The summed E-state index contributed by atoms with van der Waals surface area (Å²) in [6.45, 7) is 0.682. The highest BCUT2D eigenvalue weighted by Gasteiger charge is 2.34. The first-order valence-corrected chi connectivity index (χ1v) is 5.23. The number of rotatable bonds is 3. The predicted octanol–water partition coefficient (Wildman–Crippen LogP) is 1.03. The van der Waals surface area contributed by atoms with Crippen molar-refractivity contribution < 1.29 is 37.1 Å². The zero-order valence-corrected chi connectivity index (χ0v) is 9.44. The summed E-state index contributed by atoms with van der Waals surface area (Å²) in [4.78, 5) is 10.9. The van der Waals surface area contributed by atoms with E-state index in [-0.39, 0.29) is 0 Å². The van der Waals surface area contributed by atoms with Crippen molar-refractivity contribution in [3.8, 4) is 5.75 Å². The van der Waals surface area contributed by atoms with Gasteiger partial charge in [-0.3, -0.25) is 0 Å². The third kappa shape index (κ3) is 3.39. The smallest absolute Gasteiger partial charge is 0.478 e. The van der Waals surface area contributed by atoms with E-state index in [0.29, 0.717) is 18.7 Å². The largest absolute Gasteiger partial charge is 0.573 e. The average Bonchev–Trinajstić information content (AvgIpc) is 2.80. The van der Waals surface area contributed by atoms with Crippen molar-refractivity contribution in [3.05, 3.63) is 23.8 Å². The maximum absolute atomic E-state index is 12.1. The van der Waals surface area contributed by atoms with Crippen LogP contribution in [-0.2, 0) is 9.31 Å². The van der Waals surface area contributed by atoms with Crippen LogP contribution in [0, 0.1) is 0 Å². The molecule has 0 bridgehead atoms. The Hall–Kier alpha value is -1.74. The van der Waals surface area contributed by atoms with Gasteiger partial charge in [-0.2, -0.15) is 0 Å². The maximum Gasteiger partial charge on any atom is 0.573 e. The standard InChI is InChI=1S/C10H8BF3O5/c12-10(13,14)19-8-2-1-6(5-7(8)9(15)16)11-17-3-4-18-11/h1-2,5H,3-4H2,(H,15,16). The van der Waals surface area contributed by atoms with Crippen LogP contribution < -0.4 is 10.2 Å². The monoisotopic (exact) mass is 276 g/mol. The van der Waals surface area contributed by atoms with Crippen molar-refractivity contribution >= 4 is 18.6 Å². The molecule has 1 N–H and O–H groups in total. The molecule has 9 heteroatoms. The van der Waals surface area contributed by atoms with Gasteiger partial charge < -0.3 is 19.2 Å². The SMILES string of the molecule is O=C(O)c1cc(B2OCCO2)ccc1OC(F)(F)F. The Bertz CT molecular complexity index is 485. The third-order valence-electron chi connectivity index (χ3n) is 2.35. The molecule has 0 atom stereocenters. The number of hydrogen-bond donors (Lipinski definition) is 1. The Labute approximate surface area is 106 Å². The lowest BCUT2D eigenvalue weighted by Crippen LogP contribution is -2.32. The second kappa shape index (κ2) is 5.10. The average molecular weight is 276 g/mol. The molecule has 2 rings (SSSR count). The fraction of sp³-hybridized carbons (Fsp3) is 0.300. The van der Waals surface area contributed by atoms with E-state index in [1.54, 1.807) is 0 Å². The number of carbonyl (C=O) groups is 1. The van der Waals surface area contributed by atoms with Crippen LogP contribution in [0.25, 0.3) is 0 Å². The summed E-state index contributed by atoms with van der Waals surface area (Å²) in [6, 6.07) is 3.24. The van der Waals surface area contributed by atoms with Gasteiger partial charge in [-0.15, -0.1) is 13.2 Å². The van der Waals surface area contributed by atoms with Gasteiger partial charge in [0.15, 0.2) is 0 Å². The van der Waals surface area contributed by atoms with Crippen molar-refractivity contribution in [2.75, 3.05) is 13.2 Å².